The molecule has 0 spiro atoms. The summed E-state index contributed by atoms with van der Waals surface area (Å²) in [6.07, 6.45) is -3.02. The Labute approximate surface area is 150 Å². The van der Waals surface area contributed by atoms with E-state index in [0.29, 0.717) is 0 Å². The fraction of sp³-hybridized carbons (Fsp3) is 0.235. The molecule has 0 aliphatic carbocycles. The summed E-state index contributed by atoms with van der Waals surface area (Å²) in [7, 11) is 0. The molecular formula is C17H13F4N3O3. The number of hydrogen-bond acceptors (Lipinski definition) is 4. The van der Waals surface area contributed by atoms with Crippen molar-refractivity contribution in [3.63, 3.8) is 0 Å². The third-order valence-electron chi connectivity index (χ3n) is 4.24. The number of benzene rings is 1. The summed E-state index contributed by atoms with van der Waals surface area (Å²) in [5.41, 5.74) is -4.17. The molecule has 0 radical (unpaired) electrons. The van der Waals surface area contributed by atoms with Crippen molar-refractivity contribution >= 4 is 11.8 Å². The summed E-state index contributed by atoms with van der Waals surface area (Å²) in [5, 5.41) is 13.9. The molecule has 2 heterocycles. The number of alkyl halides is 3. The second kappa shape index (κ2) is 6.62. The predicted molar refractivity (Wildman–Crippen MR) is 83.9 cm³/mol. The van der Waals surface area contributed by atoms with Gasteiger partial charge in [0.1, 0.15) is 11.7 Å². The number of urea groups is 1. The Hall–Kier alpha value is -3.01. The Bertz CT molecular complexity index is 875. The average molecular weight is 383 g/mol. The van der Waals surface area contributed by atoms with E-state index in [0.717, 1.165) is 18.3 Å². The van der Waals surface area contributed by atoms with E-state index in [4.69, 9.17) is 0 Å². The van der Waals surface area contributed by atoms with E-state index in [9.17, 15) is 32.3 Å². The minimum absolute atomic E-state index is 0.102. The number of pyridine rings is 1. The number of carbonyl (C=O) groups excluding carboxylic acids is 2. The van der Waals surface area contributed by atoms with Crippen LogP contribution in [-0.4, -0.2) is 33.8 Å². The van der Waals surface area contributed by atoms with E-state index in [1.165, 1.54) is 35.8 Å². The molecular weight excluding hydrogens is 370 g/mol. The van der Waals surface area contributed by atoms with E-state index in [-0.39, 0.29) is 11.1 Å². The first kappa shape index (κ1) is 18.8. The summed E-state index contributed by atoms with van der Waals surface area (Å²) in [6.45, 7) is 0. The molecule has 0 bridgehead atoms. The normalized spacial score (nSPS) is 25.4. The van der Waals surface area contributed by atoms with Crippen LogP contribution in [0.3, 0.4) is 0 Å². The van der Waals surface area contributed by atoms with Gasteiger partial charge < -0.3 is 15.7 Å². The molecule has 1 aliphatic heterocycles. The van der Waals surface area contributed by atoms with Crippen molar-refractivity contribution in [3.8, 4) is 0 Å². The van der Waals surface area contributed by atoms with Crippen LogP contribution in [0.4, 0.5) is 22.4 Å². The molecule has 1 fully saturated rings. The number of halogens is 4. The number of Topliss-reactive ketones (excluding diaryl/α,β-unsaturated/α-hetero) is 1. The van der Waals surface area contributed by atoms with E-state index in [1.54, 1.807) is 0 Å². The van der Waals surface area contributed by atoms with Crippen LogP contribution in [0.15, 0.2) is 48.8 Å². The molecule has 3 atom stereocenters. The highest BCUT2D eigenvalue weighted by molar-refractivity contribution is 6.00. The Kier molecular flexibility index (Phi) is 4.60. The standard InChI is InChI=1S/C17H13F4N3O3/c18-11-5-1-3-9(7-11)13-12(14(25)10-4-2-6-22-8-10)16(27,17(19,20)21)24-15(26)23-13/h1-8,12-13,27H,(H2,23,24,26). The van der Waals surface area contributed by atoms with E-state index < -0.39 is 41.5 Å². The van der Waals surface area contributed by atoms with Crippen LogP contribution >= 0.6 is 0 Å². The van der Waals surface area contributed by atoms with Crippen molar-refractivity contribution in [2.24, 2.45) is 5.92 Å². The number of nitrogens with zero attached hydrogens (tertiary/aromatic N) is 1. The minimum Gasteiger partial charge on any atom is -0.363 e. The molecule has 2 amide bonds. The number of carbonyl (C=O) groups is 2. The lowest BCUT2D eigenvalue weighted by atomic mass is 9.77. The lowest BCUT2D eigenvalue weighted by molar-refractivity contribution is -0.287. The molecule has 1 saturated heterocycles. The summed E-state index contributed by atoms with van der Waals surface area (Å²) >= 11 is 0. The van der Waals surface area contributed by atoms with Gasteiger partial charge in [-0.3, -0.25) is 9.78 Å². The quantitative estimate of drug-likeness (QED) is 0.561. The van der Waals surface area contributed by atoms with Crippen molar-refractivity contribution < 1.29 is 32.3 Å². The van der Waals surface area contributed by atoms with Crippen molar-refractivity contribution in [2.45, 2.75) is 17.9 Å². The summed E-state index contributed by atoms with van der Waals surface area (Å²) in [5.74, 6) is -4.12. The Balaban J connectivity index is 2.17. The van der Waals surface area contributed by atoms with Crippen LogP contribution in [0.5, 0.6) is 0 Å². The predicted octanol–water partition coefficient (Wildman–Crippen LogP) is 2.32. The van der Waals surface area contributed by atoms with Crippen LogP contribution in [0.25, 0.3) is 0 Å². The summed E-state index contributed by atoms with van der Waals surface area (Å²) in [4.78, 5) is 28.3. The van der Waals surface area contributed by atoms with Crippen LogP contribution in [-0.2, 0) is 0 Å². The van der Waals surface area contributed by atoms with Crippen molar-refractivity contribution in [1.29, 1.82) is 0 Å². The van der Waals surface area contributed by atoms with Gasteiger partial charge in [-0.1, -0.05) is 12.1 Å². The number of amides is 2. The number of aliphatic hydroxyl groups is 1. The van der Waals surface area contributed by atoms with Crippen LogP contribution in [0.1, 0.15) is 22.0 Å². The molecule has 10 heteroatoms. The van der Waals surface area contributed by atoms with E-state index in [2.05, 4.69) is 10.3 Å². The molecule has 1 aliphatic rings. The number of rotatable bonds is 3. The fourth-order valence-electron chi connectivity index (χ4n) is 3.00. The van der Waals surface area contributed by atoms with Crippen LogP contribution in [0, 0.1) is 11.7 Å². The van der Waals surface area contributed by atoms with Gasteiger partial charge in [-0.05, 0) is 29.8 Å². The van der Waals surface area contributed by atoms with Crippen molar-refractivity contribution in [2.75, 3.05) is 0 Å². The Morgan fingerprint density at radius 2 is 1.96 bits per heavy atom. The fourth-order valence-corrected chi connectivity index (χ4v) is 3.00. The lowest BCUT2D eigenvalue weighted by Crippen LogP contribution is -2.72. The third-order valence-corrected chi connectivity index (χ3v) is 4.24. The number of aromatic nitrogens is 1. The van der Waals surface area contributed by atoms with Gasteiger partial charge in [-0.15, -0.1) is 0 Å². The number of hydrogen-bond donors (Lipinski definition) is 3. The number of nitrogens with one attached hydrogen (secondary N) is 2. The maximum atomic E-state index is 13.7. The summed E-state index contributed by atoms with van der Waals surface area (Å²) in [6, 6.07) is 4.00. The molecule has 1 aromatic heterocycles. The zero-order valence-corrected chi connectivity index (χ0v) is 13.5. The number of ketones is 1. The van der Waals surface area contributed by atoms with Crippen LogP contribution in [0.2, 0.25) is 0 Å². The third kappa shape index (κ3) is 3.35. The average Bonchev–Trinajstić information content (AvgIpc) is 2.60. The highest BCUT2D eigenvalue weighted by Crippen LogP contribution is 2.43. The first-order valence-corrected chi connectivity index (χ1v) is 7.71. The smallest absolute Gasteiger partial charge is 0.363 e. The summed E-state index contributed by atoms with van der Waals surface area (Å²) < 4.78 is 54.6. The minimum atomic E-state index is -5.38. The molecule has 2 aromatic rings. The molecule has 0 saturated carbocycles. The van der Waals surface area contributed by atoms with E-state index in [1.807, 2.05) is 0 Å². The highest BCUT2D eigenvalue weighted by atomic mass is 19.4. The molecule has 3 unspecified atom stereocenters. The van der Waals surface area contributed by atoms with Gasteiger partial charge in [0.15, 0.2) is 5.78 Å². The van der Waals surface area contributed by atoms with Crippen molar-refractivity contribution in [1.82, 2.24) is 15.6 Å². The first-order chi connectivity index (χ1) is 12.6. The van der Waals surface area contributed by atoms with Gasteiger partial charge in [-0.2, -0.15) is 13.2 Å². The molecule has 27 heavy (non-hydrogen) atoms. The topological polar surface area (TPSA) is 91.3 Å². The molecule has 6 nitrogen and oxygen atoms in total. The van der Waals surface area contributed by atoms with Gasteiger partial charge in [0.2, 0.25) is 5.72 Å². The van der Waals surface area contributed by atoms with Crippen LogP contribution < -0.4 is 10.6 Å². The zero-order valence-electron chi connectivity index (χ0n) is 13.5. The van der Waals surface area contributed by atoms with Crippen molar-refractivity contribution in [3.05, 3.63) is 65.7 Å². The second-order valence-corrected chi connectivity index (χ2v) is 5.98. The maximum Gasteiger partial charge on any atom is 0.437 e. The monoisotopic (exact) mass is 383 g/mol. The lowest BCUT2D eigenvalue weighted by Gasteiger charge is -2.45. The zero-order chi connectivity index (χ0) is 19.8. The molecule has 3 rings (SSSR count). The largest absolute Gasteiger partial charge is 0.437 e. The van der Waals surface area contributed by atoms with E-state index >= 15 is 0 Å². The first-order valence-electron chi connectivity index (χ1n) is 7.71. The van der Waals surface area contributed by atoms with Gasteiger partial charge in [0.05, 0.1) is 6.04 Å². The SMILES string of the molecule is O=C1NC(c2cccc(F)c2)C(C(=O)c2cccnc2)C(O)(C(F)(F)F)N1. The maximum absolute atomic E-state index is 13.7. The van der Waals surface area contributed by atoms with Gasteiger partial charge in [0.25, 0.3) is 0 Å². The molecule has 3 N–H and O–H groups in total. The van der Waals surface area contributed by atoms with Gasteiger partial charge in [-0.25, -0.2) is 9.18 Å². The van der Waals surface area contributed by atoms with Gasteiger partial charge in [0, 0.05) is 18.0 Å². The molecule has 142 valence electrons. The highest BCUT2D eigenvalue weighted by Gasteiger charge is 2.66. The second-order valence-electron chi connectivity index (χ2n) is 5.98. The van der Waals surface area contributed by atoms with Gasteiger partial charge >= 0.3 is 12.2 Å². The Morgan fingerprint density at radius 3 is 2.56 bits per heavy atom. The Morgan fingerprint density at radius 1 is 1.22 bits per heavy atom. The molecule has 1 aromatic carbocycles.